The van der Waals surface area contributed by atoms with E-state index >= 15 is 0 Å². The number of Topliss-reactive ketones (excluding diaryl/α,β-unsaturated/α-hetero) is 1. The largest absolute Gasteiger partial charge is 0.493 e. The molecule has 0 radical (unpaired) electrons. The summed E-state index contributed by atoms with van der Waals surface area (Å²) < 4.78 is 5.57. The van der Waals surface area contributed by atoms with E-state index in [2.05, 4.69) is 24.1 Å². The zero-order valence-electron chi connectivity index (χ0n) is 27.7. The van der Waals surface area contributed by atoms with Gasteiger partial charge in [0.15, 0.2) is 5.60 Å². The molecule has 0 aromatic heterocycles. The van der Waals surface area contributed by atoms with Crippen LogP contribution in [0.1, 0.15) is 109 Å². The summed E-state index contributed by atoms with van der Waals surface area (Å²) in [6.07, 6.45) is 11.8. The van der Waals surface area contributed by atoms with Crippen LogP contribution in [0.4, 0.5) is 0 Å². The molecule has 47 heavy (non-hydrogen) atoms. The molecule has 0 spiro atoms. The van der Waals surface area contributed by atoms with Gasteiger partial charge in [-0.1, -0.05) is 69.7 Å². The van der Waals surface area contributed by atoms with E-state index in [4.69, 9.17) is 4.74 Å². The normalized spacial score (nSPS) is 13.5. The first kappa shape index (κ1) is 40.9. The van der Waals surface area contributed by atoms with Crippen molar-refractivity contribution in [3.8, 4) is 17.6 Å². The molecule has 1 amide bonds. The molecule has 1 aromatic carbocycles. The first-order chi connectivity index (χ1) is 22.4. The number of hydrogen-bond acceptors (Lipinski definition) is 7. The van der Waals surface area contributed by atoms with Gasteiger partial charge in [0.1, 0.15) is 17.6 Å². The molecule has 0 saturated carbocycles. The summed E-state index contributed by atoms with van der Waals surface area (Å²) in [6, 6.07) is 5.05. The van der Waals surface area contributed by atoms with E-state index in [1.807, 2.05) is 0 Å². The van der Waals surface area contributed by atoms with E-state index in [0.717, 1.165) is 51.0 Å². The van der Waals surface area contributed by atoms with Crippen molar-refractivity contribution in [3.63, 3.8) is 0 Å². The Kier molecular flexibility index (Phi) is 20.2. The smallest absolute Gasteiger partial charge is 0.337 e. The number of aliphatic hydroxyl groups is 1. The number of rotatable bonds is 26. The first-order valence-electron chi connectivity index (χ1n) is 16.4. The van der Waals surface area contributed by atoms with Crippen LogP contribution in [0.5, 0.6) is 5.75 Å². The minimum absolute atomic E-state index is 0.162. The molecule has 11 nitrogen and oxygen atoms in total. The molecule has 0 fully saturated rings. The maximum atomic E-state index is 13.3. The van der Waals surface area contributed by atoms with Crippen LogP contribution in [-0.2, 0) is 30.4 Å². The Hall–Kier alpha value is -4.17. The summed E-state index contributed by atoms with van der Waals surface area (Å²) in [5, 5.41) is 42.0. The van der Waals surface area contributed by atoms with Crippen LogP contribution in [0, 0.1) is 17.8 Å². The minimum Gasteiger partial charge on any atom is -0.493 e. The Balaban J connectivity index is 2.82. The number of allylic oxidation sites excluding steroid dienone is 1. The molecular formula is C36H51NO10. The van der Waals surface area contributed by atoms with Crippen molar-refractivity contribution in [2.45, 2.75) is 122 Å². The molecule has 11 heteroatoms. The molecule has 3 atom stereocenters. The maximum Gasteiger partial charge on any atom is 0.337 e. The average Bonchev–Trinajstić information content (AvgIpc) is 3.02. The summed E-state index contributed by atoms with van der Waals surface area (Å²) in [5.41, 5.74) is -2.48. The van der Waals surface area contributed by atoms with Gasteiger partial charge in [-0.2, -0.15) is 0 Å². The van der Waals surface area contributed by atoms with Gasteiger partial charge in [0, 0.05) is 25.7 Å². The van der Waals surface area contributed by atoms with Crippen molar-refractivity contribution < 1.29 is 49.1 Å². The van der Waals surface area contributed by atoms with Gasteiger partial charge in [0.25, 0.3) is 0 Å². The highest BCUT2D eigenvalue weighted by molar-refractivity contribution is 5.94. The second-order valence-electron chi connectivity index (χ2n) is 11.6. The predicted molar refractivity (Wildman–Crippen MR) is 177 cm³/mol. The number of benzene rings is 1. The molecular weight excluding hydrogens is 606 g/mol. The second kappa shape index (κ2) is 23.2. The molecule has 260 valence electrons. The molecule has 0 aliphatic heterocycles. The van der Waals surface area contributed by atoms with Gasteiger partial charge in [0.2, 0.25) is 5.91 Å². The highest BCUT2D eigenvalue weighted by Crippen LogP contribution is 2.26. The number of carbonyl (C=O) groups excluding carboxylic acids is 2. The number of carbonyl (C=O) groups is 5. The number of aliphatic carboxylic acids is 3. The lowest BCUT2D eigenvalue weighted by Crippen LogP contribution is -2.55. The number of nitrogens with one attached hydrogen (secondary N) is 1. The van der Waals surface area contributed by atoms with Crippen LogP contribution in [0.2, 0.25) is 0 Å². The monoisotopic (exact) mass is 657 g/mol. The third kappa shape index (κ3) is 16.8. The minimum atomic E-state index is -3.02. The fourth-order valence-corrected chi connectivity index (χ4v) is 5.00. The van der Waals surface area contributed by atoms with Crippen LogP contribution in [0.15, 0.2) is 36.4 Å². The number of amides is 1. The van der Waals surface area contributed by atoms with E-state index in [0.29, 0.717) is 50.0 Å². The van der Waals surface area contributed by atoms with Gasteiger partial charge >= 0.3 is 17.9 Å². The molecule has 1 aromatic rings. The molecule has 1 rings (SSSR count). The predicted octanol–water partition coefficient (Wildman–Crippen LogP) is 5.32. The van der Waals surface area contributed by atoms with Crippen molar-refractivity contribution in [1.29, 1.82) is 0 Å². The van der Waals surface area contributed by atoms with Gasteiger partial charge < -0.3 is 30.5 Å². The van der Waals surface area contributed by atoms with E-state index < -0.39 is 47.8 Å². The molecule has 0 saturated heterocycles. The van der Waals surface area contributed by atoms with Crippen molar-refractivity contribution in [2.75, 3.05) is 6.61 Å². The molecule has 0 heterocycles. The van der Waals surface area contributed by atoms with Crippen LogP contribution in [0.3, 0.4) is 0 Å². The molecule has 0 bridgehead atoms. The Bertz CT molecular complexity index is 1230. The number of hydrogen-bond donors (Lipinski definition) is 5. The van der Waals surface area contributed by atoms with Crippen LogP contribution < -0.4 is 10.1 Å². The zero-order valence-corrected chi connectivity index (χ0v) is 27.7. The Morgan fingerprint density at radius 2 is 1.53 bits per heavy atom. The van der Waals surface area contributed by atoms with Gasteiger partial charge in [-0.25, -0.2) is 9.59 Å². The number of carboxylic acids is 3. The number of ketones is 1. The van der Waals surface area contributed by atoms with Gasteiger partial charge in [0.05, 0.1) is 18.9 Å². The number of ether oxygens (including phenoxy) is 1. The Morgan fingerprint density at radius 1 is 0.915 bits per heavy atom. The molecule has 0 unspecified atom stereocenters. The maximum absolute atomic E-state index is 13.3. The van der Waals surface area contributed by atoms with E-state index in [1.165, 1.54) is 12.5 Å². The summed E-state index contributed by atoms with van der Waals surface area (Å²) in [4.78, 5) is 60.9. The highest BCUT2D eigenvalue weighted by atomic mass is 16.5. The topological polar surface area (TPSA) is 188 Å². The standard InChI is InChI=1S/C36H51NO10/c1-3-5-7-10-13-17-28(38)18-14-11-8-9-12-15-19-30(36(46,35(44)45)26-32(39)40)33(41)37-31(34(42)43)25-27-20-22-29(23-21-27)47-24-16-6-4-2/h15,19-23,30-31,46H,3,5,7-14,16-18,24-26H2,1-2H3,(H,37,41)(H,39,40)(H,42,43)(H,44,45)/b19-15+/t30-,31+,36+/m1/s1. The quantitative estimate of drug-likeness (QED) is 0.0495. The lowest BCUT2D eigenvalue weighted by Gasteiger charge is -2.29. The van der Waals surface area contributed by atoms with Crippen molar-refractivity contribution in [1.82, 2.24) is 5.32 Å². The van der Waals surface area contributed by atoms with E-state index in [9.17, 15) is 44.4 Å². The first-order valence-corrected chi connectivity index (χ1v) is 16.4. The van der Waals surface area contributed by atoms with Gasteiger partial charge in [-0.15, -0.1) is 11.8 Å². The average molecular weight is 658 g/mol. The molecule has 0 aliphatic rings. The summed E-state index contributed by atoms with van der Waals surface area (Å²) in [5.74, 6) is -1.52. The number of carboxylic acid groups (broad SMARTS) is 3. The van der Waals surface area contributed by atoms with Crippen LogP contribution in [-0.4, -0.2) is 68.3 Å². The summed E-state index contributed by atoms with van der Waals surface area (Å²) >= 11 is 0. The van der Waals surface area contributed by atoms with Crippen molar-refractivity contribution in [3.05, 3.63) is 42.0 Å². The molecule has 0 aliphatic carbocycles. The SMILES string of the molecule is CC#CCCOc1ccc(C[C@H](NC(=O)[C@@H](/C=C/CCCCCCC(=O)CCCCCCC)[C@@](O)(CC(=O)O)C(=O)O)C(=O)O)cc1. The summed E-state index contributed by atoms with van der Waals surface area (Å²) in [6.45, 7) is 4.26. The van der Waals surface area contributed by atoms with Gasteiger partial charge in [-0.05, 0) is 50.3 Å². The van der Waals surface area contributed by atoms with E-state index in [1.54, 1.807) is 31.2 Å². The third-order valence-corrected chi connectivity index (χ3v) is 7.70. The van der Waals surface area contributed by atoms with E-state index in [-0.39, 0.29) is 12.2 Å². The van der Waals surface area contributed by atoms with Crippen LogP contribution in [0.25, 0.3) is 0 Å². The second-order valence-corrected chi connectivity index (χ2v) is 11.6. The highest BCUT2D eigenvalue weighted by Gasteiger charge is 2.49. The summed E-state index contributed by atoms with van der Waals surface area (Å²) in [7, 11) is 0. The van der Waals surface area contributed by atoms with Crippen molar-refractivity contribution in [2.24, 2.45) is 5.92 Å². The van der Waals surface area contributed by atoms with Crippen molar-refractivity contribution >= 4 is 29.6 Å². The van der Waals surface area contributed by atoms with Gasteiger partial charge in [-0.3, -0.25) is 14.4 Å². The Morgan fingerprint density at radius 3 is 2.09 bits per heavy atom. The molecule has 5 N–H and O–H groups in total. The van der Waals surface area contributed by atoms with Crippen LogP contribution >= 0.6 is 0 Å². The Labute approximate surface area is 277 Å². The lowest BCUT2D eigenvalue weighted by molar-refractivity contribution is -0.172. The fourth-order valence-electron chi connectivity index (χ4n) is 5.00. The number of unbranched alkanes of at least 4 members (excludes halogenated alkanes) is 8. The zero-order chi connectivity index (χ0) is 35.1. The third-order valence-electron chi connectivity index (χ3n) is 7.70. The fraction of sp³-hybridized carbons (Fsp3) is 0.583. The lowest BCUT2D eigenvalue weighted by atomic mass is 9.82.